The van der Waals surface area contributed by atoms with Crippen LogP contribution in [0, 0.1) is 10.1 Å². The quantitative estimate of drug-likeness (QED) is 0.551. The van der Waals surface area contributed by atoms with Crippen molar-refractivity contribution in [1.82, 2.24) is 19.7 Å². The van der Waals surface area contributed by atoms with Crippen LogP contribution in [0.25, 0.3) is 11.4 Å². The molecule has 2 aromatic heterocycles. The second-order valence-electron chi connectivity index (χ2n) is 4.68. The van der Waals surface area contributed by atoms with Gasteiger partial charge in [-0.25, -0.2) is 4.79 Å². The molecule has 3 rings (SSSR count). The van der Waals surface area contributed by atoms with Gasteiger partial charge >= 0.3 is 16.9 Å². The maximum absolute atomic E-state index is 11.7. The van der Waals surface area contributed by atoms with Gasteiger partial charge in [0.15, 0.2) is 0 Å². The number of hydrogen-bond donors (Lipinski definition) is 1. The predicted molar refractivity (Wildman–Crippen MR) is 81.8 cm³/mol. The molecule has 3 aromatic rings. The molecule has 0 unspecified atom stereocenters. The standard InChI is InChI=1S/C13H8ClN5O5/c14-8-3-1-7(2-4-8)11-15-10(24-17-11)6-18-5-9(19(22)23)12(20)16-13(18)21/h1-5H,6H2,(H,16,20,21). The number of nitrogens with zero attached hydrogens (tertiary/aromatic N) is 4. The summed E-state index contributed by atoms with van der Waals surface area (Å²) in [5, 5.41) is 15.1. The number of benzene rings is 1. The average Bonchev–Trinajstić information content (AvgIpc) is 2.99. The van der Waals surface area contributed by atoms with Crippen LogP contribution in [0.5, 0.6) is 0 Å². The van der Waals surface area contributed by atoms with E-state index in [9.17, 15) is 19.7 Å². The minimum Gasteiger partial charge on any atom is -0.337 e. The van der Waals surface area contributed by atoms with Crippen molar-refractivity contribution in [2.24, 2.45) is 0 Å². The Labute approximate surface area is 137 Å². The summed E-state index contributed by atoms with van der Waals surface area (Å²) >= 11 is 5.80. The van der Waals surface area contributed by atoms with Crippen LogP contribution >= 0.6 is 11.6 Å². The van der Waals surface area contributed by atoms with Gasteiger partial charge in [0.2, 0.25) is 11.7 Å². The molecule has 2 heterocycles. The smallest absolute Gasteiger partial charge is 0.337 e. The van der Waals surface area contributed by atoms with Crippen LogP contribution in [0.2, 0.25) is 5.02 Å². The fraction of sp³-hybridized carbons (Fsp3) is 0.0769. The van der Waals surface area contributed by atoms with E-state index < -0.39 is 21.9 Å². The van der Waals surface area contributed by atoms with Crippen LogP contribution in [0.15, 0.2) is 44.6 Å². The van der Waals surface area contributed by atoms with Crippen LogP contribution in [0.1, 0.15) is 5.89 Å². The molecule has 10 nitrogen and oxygen atoms in total. The summed E-state index contributed by atoms with van der Waals surface area (Å²) in [5.41, 5.74) is -2.01. The Morgan fingerprint density at radius 1 is 1.29 bits per heavy atom. The van der Waals surface area contributed by atoms with Crippen molar-refractivity contribution in [2.75, 3.05) is 0 Å². The molecular formula is C13H8ClN5O5. The lowest BCUT2D eigenvalue weighted by molar-refractivity contribution is -0.386. The van der Waals surface area contributed by atoms with Crippen LogP contribution in [0.4, 0.5) is 5.69 Å². The second-order valence-corrected chi connectivity index (χ2v) is 5.11. The number of halogens is 1. The first kappa shape index (κ1) is 15.6. The van der Waals surface area contributed by atoms with Crippen molar-refractivity contribution in [1.29, 1.82) is 0 Å². The number of rotatable bonds is 4. The summed E-state index contributed by atoms with van der Waals surface area (Å²) in [6.45, 7) is -0.225. The zero-order chi connectivity index (χ0) is 17.3. The summed E-state index contributed by atoms with van der Waals surface area (Å²) in [5.74, 6) is 0.317. The summed E-state index contributed by atoms with van der Waals surface area (Å²) < 4.78 is 5.92. The number of nitro groups is 1. The highest BCUT2D eigenvalue weighted by Crippen LogP contribution is 2.18. The summed E-state index contributed by atoms with van der Waals surface area (Å²) in [6.07, 6.45) is 0.827. The first-order chi connectivity index (χ1) is 11.4. The van der Waals surface area contributed by atoms with E-state index in [-0.39, 0.29) is 18.3 Å². The van der Waals surface area contributed by atoms with E-state index in [1.165, 1.54) is 0 Å². The Balaban J connectivity index is 1.91. The molecule has 0 atom stereocenters. The molecule has 24 heavy (non-hydrogen) atoms. The fourth-order valence-corrected chi connectivity index (χ4v) is 2.05. The van der Waals surface area contributed by atoms with Crippen molar-refractivity contribution in [2.45, 2.75) is 6.54 Å². The van der Waals surface area contributed by atoms with Gasteiger partial charge in [0.1, 0.15) is 6.54 Å². The molecule has 0 aliphatic rings. The second kappa shape index (κ2) is 6.08. The number of H-pyrrole nitrogens is 1. The highest BCUT2D eigenvalue weighted by molar-refractivity contribution is 6.30. The molecule has 0 radical (unpaired) electrons. The zero-order valence-corrected chi connectivity index (χ0v) is 12.6. The zero-order valence-electron chi connectivity index (χ0n) is 11.8. The van der Waals surface area contributed by atoms with E-state index in [0.29, 0.717) is 10.6 Å². The fourth-order valence-electron chi connectivity index (χ4n) is 1.93. The first-order valence-electron chi connectivity index (χ1n) is 6.51. The van der Waals surface area contributed by atoms with Gasteiger partial charge in [-0.2, -0.15) is 4.98 Å². The third kappa shape index (κ3) is 3.08. The SMILES string of the molecule is O=c1[nH]c(=O)n(Cc2nc(-c3ccc(Cl)cc3)no2)cc1[N+](=O)[O-]. The number of aromatic amines is 1. The maximum Gasteiger partial charge on any atom is 0.350 e. The number of aromatic nitrogens is 4. The van der Waals surface area contributed by atoms with Crippen LogP contribution in [-0.2, 0) is 6.54 Å². The van der Waals surface area contributed by atoms with E-state index in [1.807, 2.05) is 4.98 Å². The Morgan fingerprint density at radius 2 is 2.00 bits per heavy atom. The average molecular weight is 350 g/mol. The van der Waals surface area contributed by atoms with E-state index in [4.69, 9.17) is 16.1 Å². The van der Waals surface area contributed by atoms with Crippen LogP contribution in [-0.4, -0.2) is 24.6 Å². The highest BCUT2D eigenvalue weighted by Gasteiger charge is 2.17. The molecule has 1 aromatic carbocycles. The summed E-state index contributed by atoms with van der Waals surface area (Å²) in [4.78, 5) is 38.9. The largest absolute Gasteiger partial charge is 0.350 e. The molecule has 0 bridgehead atoms. The highest BCUT2D eigenvalue weighted by atomic mass is 35.5. The van der Waals surface area contributed by atoms with Crippen molar-refractivity contribution in [3.05, 3.63) is 72.3 Å². The Hall–Kier alpha value is -3.27. The number of hydrogen-bond acceptors (Lipinski definition) is 7. The third-order valence-corrected chi connectivity index (χ3v) is 3.32. The molecule has 0 saturated carbocycles. The van der Waals surface area contributed by atoms with E-state index in [0.717, 1.165) is 10.8 Å². The van der Waals surface area contributed by atoms with Gasteiger partial charge in [-0.05, 0) is 24.3 Å². The number of nitrogens with one attached hydrogen (secondary N) is 1. The Kier molecular flexibility index (Phi) is 3.96. The predicted octanol–water partition coefficient (Wildman–Crippen LogP) is 1.20. The minimum absolute atomic E-state index is 0.0448. The van der Waals surface area contributed by atoms with Gasteiger partial charge in [0, 0.05) is 10.6 Å². The third-order valence-electron chi connectivity index (χ3n) is 3.06. The Bertz CT molecular complexity index is 1020. The molecule has 122 valence electrons. The summed E-state index contributed by atoms with van der Waals surface area (Å²) in [7, 11) is 0. The topological polar surface area (TPSA) is 137 Å². The van der Waals surface area contributed by atoms with Crippen molar-refractivity contribution < 1.29 is 9.45 Å². The first-order valence-corrected chi connectivity index (χ1v) is 6.88. The van der Waals surface area contributed by atoms with Crippen molar-refractivity contribution in [3.63, 3.8) is 0 Å². The van der Waals surface area contributed by atoms with Gasteiger partial charge in [0.05, 0.1) is 11.1 Å². The minimum atomic E-state index is -1.08. The van der Waals surface area contributed by atoms with Gasteiger partial charge in [-0.1, -0.05) is 16.8 Å². The monoisotopic (exact) mass is 349 g/mol. The van der Waals surface area contributed by atoms with E-state index >= 15 is 0 Å². The lowest BCUT2D eigenvalue weighted by atomic mass is 10.2. The van der Waals surface area contributed by atoms with Gasteiger partial charge in [-0.3, -0.25) is 24.5 Å². The normalized spacial score (nSPS) is 10.7. The van der Waals surface area contributed by atoms with Crippen molar-refractivity contribution >= 4 is 17.3 Å². The summed E-state index contributed by atoms with van der Waals surface area (Å²) in [6, 6.07) is 6.69. The molecule has 0 fully saturated rings. The van der Waals surface area contributed by atoms with Crippen molar-refractivity contribution in [3.8, 4) is 11.4 Å². The molecule has 1 N–H and O–H groups in total. The molecular weight excluding hydrogens is 342 g/mol. The molecule has 11 heteroatoms. The Morgan fingerprint density at radius 3 is 2.67 bits per heavy atom. The lowest BCUT2D eigenvalue weighted by Crippen LogP contribution is -2.31. The van der Waals surface area contributed by atoms with Gasteiger partial charge in [0.25, 0.3) is 0 Å². The van der Waals surface area contributed by atoms with Gasteiger partial charge < -0.3 is 4.52 Å². The molecule has 0 spiro atoms. The van der Waals surface area contributed by atoms with Crippen LogP contribution in [0.3, 0.4) is 0 Å². The molecule has 0 amide bonds. The van der Waals surface area contributed by atoms with E-state index in [2.05, 4.69) is 10.1 Å². The lowest BCUT2D eigenvalue weighted by Gasteiger charge is -2.00. The molecule has 0 aliphatic carbocycles. The molecule has 0 saturated heterocycles. The van der Waals surface area contributed by atoms with Gasteiger partial charge in [-0.15, -0.1) is 0 Å². The molecule has 0 aliphatic heterocycles. The maximum atomic E-state index is 11.7. The van der Waals surface area contributed by atoms with Crippen LogP contribution < -0.4 is 11.2 Å². The van der Waals surface area contributed by atoms with E-state index in [1.54, 1.807) is 24.3 Å².